The summed E-state index contributed by atoms with van der Waals surface area (Å²) in [5.41, 5.74) is 4.94. The minimum atomic E-state index is -0.736. The Labute approximate surface area is 139 Å². The Hall–Kier alpha value is -2.90. The Morgan fingerprint density at radius 3 is 2.54 bits per heavy atom. The number of rotatable bonds is 6. The fourth-order valence-corrected chi connectivity index (χ4v) is 1.77. The number of nitrogens with two attached hydrogens (primary N) is 1. The van der Waals surface area contributed by atoms with Gasteiger partial charge in [-0.2, -0.15) is 0 Å². The van der Waals surface area contributed by atoms with Gasteiger partial charge < -0.3 is 15.8 Å². The van der Waals surface area contributed by atoms with E-state index < -0.39 is 22.5 Å². The van der Waals surface area contributed by atoms with Gasteiger partial charge >= 0.3 is 6.09 Å². The lowest BCUT2D eigenvalue weighted by Gasteiger charge is -2.19. The number of amides is 2. The van der Waals surface area contributed by atoms with Crippen LogP contribution in [0.3, 0.4) is 0 Å². The van der Waals surface area contributed by atoms with Crippen LogP contribution in [-0.4, -0.2) is 29.1 Å². The molecule has 0 aliphatic carbocycles. The van der Waals surface area contributed by atoms with Gasteiger partial charge in [-0.05, 0) is 38.8 Å². The van der Waals surface area contributed by atoms with E-state index in [-0.39, 0.29) is 11.3 Å². The molecule has 0 fully saturated rings. The number of hydrogen-bond donors (Lipinski definition) is 2. The lowest BCUT2D eigenvalue weighted by atomic mass is 10.1. The average molecular weight is 335 g/mol. The summed E-state index contributed by atoms with van der Waals surface area (Å²) in [4.78, 5) is 32.9. The van der Waals surface area contributed by atoms with E-state index in [4.69, 9.17) is 10.5 Å². The third-order valence-electron chi connectivity index (χ3n) is 2.72. The van der Waals surface area contributed by atoms with Gasteiger partial charge in [-0.1, -0.05) is 12.2 Å². The van der Waals surface area contributed by atoms with Crippen molar-refractivity contribution in [3.63, 3.8) is 0 Å². The first-order valence-corrected chi connectivity index (χ1v) is 7.31. The molecule has 0 atom stereocenters. The maximum absolute atomic E-state index is 11.4. The van der Waals surface area contributed by atoms with Crippen molar-refractivity contribution in [2.75, 3.05) is 6.54 Å². The number of benzene rings is 1. The maximum atomic E-state index is 11.4. The Kier molecular flexibility index (Phi) is 6.46. The Balaban J connectivity index is 2.63. The van der Waals surface area contributed by atoms with Crippen molar-refractivity contribution in [2.24, 2.45) is 5.73 Å². The van der Waals surface area contributed by atoms with Crippen LogP contribution < -0.4 is 11.1 Å². The molecule has 1 rings (SSSR count). The highest BCUT2D eigenvalue weighted by Gasteiger charge is 2.15. The van der Waals surface area contributed by atoms with Crippen LogP contribution in [0.25, 0.3) is 6.08 Å². The third-order valence-corrected chi connectivity index (χ3v) is 2.72. The standard InChI is InChI=1S/C16H21N3O5/c1-16(2,3)24-15(21)18-7-5-4-6-11-8-12(14(17)20)10-13(9-11)19(22)23/h4,6,8-10H,5,7H2,1-3H3,(H2,17,20)(H,18,21). The SMILES string of the molecule is CC(C)(C)OC(=O)NCCC=Cc1cc(C(N)=O)cc([N+](=O)[O-])c1. The molecule has 0 bridgehead atoms. The van der Waals surface area contributed by atoms with Gasteiger partial charge in [-0.25, -0.2) is 4.79 Å². The van der Waals surface area contributed by atoms with Crippen LogP contribution in [-0.2, 0) is 4.74 Å². The minimum Gasteiger partial charge on any atom is -0.444 e. The van der Waals surface area contributed by atoms with Gasteiger partial charge in [0.2, 0.25) is 5.91 Å². The fourth-order valence-electron chi connectivity index (χ4n) is 1.77. The molecule has 2 amide bonds. The molecule has 0 heterocycles. The summed E-state index contributed by atoms with van der Waals surface area (Å²) >= 11 is 0. The number of alkyl carbamates (subject to hydrolysis) is 1. The van der Waals surface area contributed by atoms with Gasteiger partial charge in [0.1, 0.15) is 5.60 Å². The van der Waals surface area contributed by atoms with Gasteiger partial charge in [0.25, 0.3) is 5.69 Å². The van der Waals surface area contributed by atoms with E-state index in [9.17, 15) is 19.7 Å². The summed E-state index contributed by atoms with van der Waals surface area (Å²) in [5.74, 6) is -0.736. The third kappa shape index (κ3) is 6.91. The van der Waals surface area contributed by atoms with E-state index in [0.29, 0.717) is 18.5 Å². The Morgan fingerprint density at radius 2 is 2.00 bits per heavy atom. The van der Waals surface area contributed by atoms with E-state index in [0.717, 1.165) is 6.07 Å². The van der Waals surface area contributed by atoms with E-state index in [1.807, 2.05) is 0 Å². The maximum Gasteiger partial charge on any atom is 0.407 e. The first kappa shape index (κ1) is 19.1. The van der Waals surface area contributed by atoms with Crippen molar-refractivity contribution in [3.05, 3.63) is 45.5 Å². The van der Waals surface area contributed by atoms with Crippen LogP contribution in [0.5, 0.6) is 0 Å². The number of carbonyl (C=O) groups is 2. The molecule has 0 spiro atoms. The second kappa shape index (κ2) is 8.09. The monoisotopic (exact) mass is 335 g/mol. The summed E-state index contributed by atoms with van der Waals surface area (Å²) in [6.07, 6.45) is 3.33. The van der Waals surface area contributed by atoms with Gasteiger partial charge in [0, 0.05) is 24.2 Å². The zero-order valence-corrected chi connectivity index (χ0v) is 13.9. The molecule has 0 aliphatic rings. The van der Waals surface area contributed by atoms with Gasteiger partial charge in [-0.15, -0.1) is 0 Å². The minimum absolute atomic E-state index is 0.0655. The van der Waals surface area contributed by atoms with E-state index >= 15 is 0 Å². The molecule has 24 heavy (non-hydrogen) atoms. The quantitative estimate of drug-likeness (QED) is 0.469. The second-order valence-electron chi connectivity index (χ2n) is 6.05. The Bertz CT molecular complexity index is 630. The molecule has 0 saturated carbocycles. The average Bonchev–Trinajstić information content (AvgIpc) is 2.44. The Morgan fingerprint density at radius 1 is 1.33 bits per heavy atom. The number of hydrogen-bond acceptors (Lipinski definition) is 5. The van der Waals surface area contributed by atoms with Crippen LogP contribution in [0.4, 0.5) is 10.5 Å². The van der Waals surface area contributed by atoms with Gasteiger partial charge in [0.15, 0.2) is 0 Å². The van der Waals surface area contributed by atoms with Crippen molar-refractivity contribution in [1.82, 2.24) is 5.32 Å². The molecular weight excluding hydrogens is 314 g/mol. The van der Waals surface area contributed by atoms with Crippen LogP contribution >= 0.6 is 0 Å². The van der Waals surface area contributed by atoms with Crippen LogP contribution in [0.1, 0.15) is 43.1 Å². The highest BCUT2D eigenvalue weighted by molar-refractivity contribution is 5.94. The number of ether oxygens (including phenoxy) is 1. The molecule has 0 aliphatic heterocycles. The van der Waals surface area contributed by atoms with E-state index in [1.165, 1.54) is 12.1 Å². The number of nitrogens with one attached hydrogen (secondary N) is 1. The summed E-state index contributed by atoms with van der Waals surface area (Å²) in [5, 5.41) is 13.5. The van der Waals surface area contributed by atoms with Crippen LogP contribution in [0.15, 0.2) is 24.3 Å². The molecule has 130 valence electrons. The molecule has 0 radical (unpaired) electrons. The normalized spacial score (nSPS) is 11.3. The predicted octanol–water partition coefficient (Wildman–Crippen LogP) is 2.62. The number of nitro groups is 1. The summed E-state index contributed by atoms with van der Waals surface area (Å²) in [6, 6.07) is 3.93. The molecule has 0 unspecified atom stereocenters. The molecule has 1 aromatic rings. The molecule has 3 N–H and O–H groups in total. The molecule has 8 heteroatoms. The van der Waals surface area contributed by atoms with Crippen molar-refractivity contribution < 1.29 is 19.2 Å². The molecule has 0 aromatic heterocycles. The highest BCUT2D eigenvalue weighted by Crippen LogP contribution is 2.18. The lowest BCUT2D eigenvalue weighted by molar-refractivity contribution is -0.384. The van der Waals surface area contributed by atoms with Crippen molar-refractivity contribution in [2.45, 2.75) is 32.8 Å². The summed E-state index contributed by atoms with van der Waals surface area (Å²) in [7, 11) is 0. The second-order valence-corrected chi connectivity index (χ2v) is 6.05. The molecular formula is C16H21N3O5. The zero-order valence-electron chi connectivity index (χ0n) is 13.9. The topological polar surface area (TPSA) is 125 Å². The fraction of sp³-hybridized carbons (Fsp3) is 0.375. The zero-order chi connectivity index (χ0) is 18.3. The molecule has 1 aromatic carbocycles. The number of nitro benzene ring substituents is 1. The van der Waals surface area contributed by atoms with E-state index in [2.05, 4.69) is 5.32 Å². The van der Waals surface area contributed by atoms with Gasteiger partial charge in [0.05, 0.1) is 4.92 Å². The van der Waals surface area contributed by atoms with Crippen molar-refractivity contribution in [3.8, 4) is 0 Å². The summed E-state index contributed by atoms with van der Waals surface area (Å²) < 4.78 is 5.09. The first-order valence-electron chi connectivity index (χ1n) is 7.31. The number of carbonyl (C=O) groups excluding carboxylic acids is 2. The van der Waals surface area contributed by atoms with Crippen molar-refractivity contribution >= 4 is 23.8 Å². The van der Waals surface area contributed by atoms with Gasteiger partial charge in [-0.3, -0.25) is 14.9 Å². The number of nitrogens with zero attached hydrogens (tertiary/aromatic N) is 1. The lowest BCUT2D eigenvalue weighted by Crippen LogP contribution is -2.32. The molecule has 0 saturated heterocycles. The largest absolute Gasteiger partial charge is 0.444 e. The van der Waals surface area contributed by atoms with Crippen molar-refractivity contribution in [1.29, 1.82) is 0 Å². The first-order chi connectivity index (χ1) is 11.1. The number of non-ortho nitro benzene ring substituents is 1. The predicted molar refractivity (Wildman–Crippen MR) is 89.5 cm³/mol. The van der Waals surface area contributed by atoms with Crippen LogP contribution in [0, 0.1) is 10.1 Å². The number of primary amides is 1. The highest BCUT2D eigenvalue weighted by atomic mass is 16.6. The summed E-state index contributed by atoms with van der Waals surface area (Å²) in [6.45, 7) is 5.66. The smallest absolute Gasteiger partial charge is 0.407 e. The molecule has 8 nitrogen and oxygen atoms in total. The van der Waals surface area contributed by atoms with E-state index in [1.54, 1.807) is 32.9 Å². The van der Waals surface area contributed by atoms with Crippen LogP contribution in [0.2, 0.25) is 0 Å².